The number of allylic oxidation sites excluding steroid dienone is 4. The van der Waals surface area contributed by atoms with Gasteiger partial charge in [0.05, 0.1) is 6.10 Å². The zero-order valence-electron chi connectivity index (χ0n) is 22.9. The van der Waals surface area contributed by atoms with Gasteiger partial charge in [-0.3, -0.25) is 4.79 Å². The van der Waals surface area contributed by atoms with E-state index in [4.69, 9.17) is 0 Å². The molecule has 2 unspecified atom stereocenters. The highest BCUT2D eigenvalue weighted by molar-refractivity contribution is 5.95. The predicted octanol–water partition coefficient (Wildman–Crippen LogP) is 5.87. The number of benzene rings is 1. The molecule has 4 N–H and O–H groups in total. The third-order valence-electron chi connectivity index (χ3n) is 7.57. The molecule has 198 valence electrons. The molecule has 3 aliphatic rings. The lowest BCUT2D eigenvalue weighted by Crippen LogP contribution is -2.36. The molecule has 0 aromatic heterocycles. The highest BCUT2D eigenvalue weighted by Crippen LogP contribution is 2.32. The molecular formula is C32H43N3O2. The van der Waals surface area contributed by atoms with Crippen LogP contribution in [0.3, 0.4) is 0 Å². The van der Waals surface area contributed by atoms with Crippen LogP contribution >= 0.6 is 0 Å². The van der Waals surface area contributed by atoms with Crippen LogP contribution in [0, 0.1) is 0 Å². The lowest BCUT2D eigenvalue weighted by molar-refractivity contribution is 0.0957. The Balaban J connectivity index is 1.51. The topological polar surface area (TPSA) is 73.4 Å². The third-order valence-corrected chi connectivity index (χ3v) is 7.57. The van der Waals surface area contributed by atoms with E-state index in [1.807, 2.05) is 18.3 Å². The van der Waals surface area contributed by atoms with Gasteiger partial charge in [0.25, 0.3) is 5.91 Å². The van der Waals surface area contributed by atoms with Gasteiger partial charge in [0.2, 0.25) is 0 Å². The number of nitrogens with one attached hydrogen (secondary N) is 3. The van der Waals surface area contributed by atoms with E-state index in [0.29, 0.717) is 24.6 Å². The minimum Gasteiger partial charge on any atom is -0.388 e. The number of rotatable bonds is 9. The van der Waals surface area contributed by atoms with Crippen LogP contribution in [0.5, 0.6) is 0 Å². The maximum atomic E-state index is 13.2. The first-order chi connectivity index (χ1) is 17.7. The van der Waals surface area contributed by atoms with Crippen molar-refractivity contribution in [3.8, 4) is 0 Å². The molecule has 5 heteroatoms. The van der Waals surface area contributed by atoms with Crippen LogP contribution in [-0.2, 0) is 0 Å². The van der Waals surface area contributed by atoms with Crippen LogP contribution in [0.2, 0.25) is 0 Å². The zero-order valence-corrected chi connectivity index (χ0v) is 22.9. The first-order valence-corrected chi connectivity index (χ1v) is 13.8. The summed E-state index contributed by atoms with van der Waals surface area (Å²) in [5.74, 6) is -0.125. The van der Waals surface area contributed by atoms with Gasteiger partial charge in [0, 0.05) is 29.9 Å². The number of amides is 1. The van der Waals surface area contributed by atoms with Crippen molar-refractivity contribution >= 4 is 11.5 Å². The molecule has 4 rings (SSSR count). The SMILES string of the molecule is CCNC1CC/C(=C\CC(O)c2cc(C(=O)NCC3=CNC(C)(C)C=C3)cc(C3=CC=C(C)CC3)c2)C1. The first kappa shape index (κ1) is 27.2. The molecule has 0 bridgehead atoms. The summed E-state index contributed by atoms with van der Waals surface area (Å²) < 4.78 is 0. The summed E-state index contributed by atoms with van der Waals surface area (Å²) in [7, 11) is 0. The highest BCUT2D eigenvalue weighted by Gasteiger charge is 2.20. The van der Waals surface area contributed by atoms with E-state index in [1.54, 1.807) is 0 Å². The number of hydrogen-bond acceptors (Lipinski definition) is 4. The summed E-state index contributed by atoms with van der Waals surface area (Å²) in [4.78, 5) is 13.2. The third kappa shape index (κ3) is 7.56. The van der Waals surface area contributed by atoms with Gasteiger partial charge in [-0.05, 0) is 106 Å². The van der Waals surface area contributed by atoms with Crippen molar-refractivity contribution in [2.75, 3.05) is 13.1 Å². The lowest BCUT2D eigenvalue weighted by Gasteiger charge is -2.25. The second-order valence-electron chi connectivity index (χ2n) is 11.3. The Labute approximate surface area is 222 Å². The minimum atomic E-state index is -0.644. The van der Waals surface area contributed by atoms with Crippen molar-refractivity contribution < 1.29 is 9.90 Å². The van der Waals surface area contributed by atoms with Gasteiger partial charge in [-0.15, -0.1) is 0 Å². The molecule has 2 atom stereocenters. The number of carbonyl (C=O) groups excluding carboxylic acids is 1. The highest BCUT2D eigenvalue weighted by atomic mass is 16.3. The average Bonchev–Trinajstić information content (AvgIpc) is 3.34. The summed E-state index contributed by atoms with van der Waals surface area (Å²) in [6.07, 6.45) is 17.8. The Morgan fingerprint density at radius 2 is 2.05 bits per heavy atom. The summed E-state index contributed by atoms with van der Waals surface area (Å²) in [5, 5.41) is 21.1. The van der Waals surface area contributed by atoms with E-state index in [-0.39, 0.29) is 11.4 Å². The van der Waals surface area contributed by atoms with E-state index >= 15 is 0 Å². The number of aliphatic hydroxyl groups excluding tert-OH is 1. The lowest BCUT2D eigenvalue weighted by atomic mass is 9.90. The van der Waals surface area contributed by atoms with Crippen molar-refractivity contribution in [1.29, 1.82) is 0 Å². The number of aliphatic hydroxyl groups is 1. The standard InChI is InChI=1S/C32H43N3O2/c1-5-33-29-12-8-23(16-29)9-13-30(36)27-17-26(25-10-6-22(2)7-11-25)18-28(19-27)31(37)34-20-24-14-15-32(3,4)35-21-24/h6,9-10,14-15,17-19,21,29-30,33,35-36H,5,7-8,11-13,16,20H2,1-4H3,(H,34,37)/b23-9+. The van der Waals surface area contributed by atoms with Crippen LogP contribution in [0.1, 0.15) is 93.8 Å². The van der Waals surface area contributed by atoms with Crippen LogP contribution in [0.15, 0.2) is 71.5 Å². The summed E-state index contributed by atoms with van der Waals surface area (Å²) in [6.45, 7) is 9.94. The second-order valence-corrected chi connectivity index (χ2v) is 11.3. The maximum Gasteiger partial charge on any atom is 0.251 e. The summed E-state index contributed by atoms with van der Waals surface area (Å²) in [6, 6.07) is 6.44. The second kappa shape index (κ2) is 12.1. The quantitative estimate of drug-likeness (QED) is 0.319. The van der Waals surface area contributed by atoms with Gasteiger partial charge in [-0.2, -0.15) is 0 Å². The fraction of sp³-hybridized carbons (Fsp3) is 0.469. The van der Waals surface area contributed by atoms with Crippen LogP contribution in [0.4, 0.5) is 0 Å². The molecule has 1 aliphatic heterocycles. The van der Waals surface area contributed by atoms with Gasteiger partial charge in [0.1, 0.15) is 0 Å². The molecular weight excluding hydrogens is 458 g/mol. The normalized spacial score (nSPS) is 22.7. The van der Waals surface area contributed by atoms with E-state index in [2.05, 4.69) is 80.1 Å². The van der Waals surface area contributed by atoms with Crippen molar-refractivity contribution in [2.45, 2.75) is 83.9 Å². The Bertz CT molecular complexity index is 1150. The molecule has 0 radical (unpaired) electrons. The average molecular weight is 502 g/mol. The molecule has 5 nitrogen and oxygen atoms in total. The molecule has 1 aromatic rings. The maximum absolute atomic E-state index is 13.2. The van der Waals surface area contributed by atoms with Gasteiger partial charge in [-0.25, -0.2) is 0 Å². The molecule has 1 heterocycles. The molecule has 1 saturated carbocycles. The van der Waals surface area contributed by atoms with Crippen LogP contribution < -0.4 is 16.0 Å². The first-order valence-electron chi connectivity index (χ1n) is 13.8. The van der Waals surface area contributed by atoms with Gasteiger partial charge in [0.15, 0.2) is 0 Å². The summed E-state index contributed by atoms with van der Waals surface area (Å²) >= 11 is 0. The Morgan fingerprint density at radius 1 is 1.22 bits per heavy atom. The van der Waals surface area contributed by atoms with Crippen molar-refractivity contribution in [3.63, 3.8) is 0 Å². The fourth-order valence-corrected chi connectivity index (χ4v) is 5.17. The number of carbonyl (C=O) groups is 1. The molecule has 1 amide bonds. The minimum absolute atomic E-state index is 0.0748. The number of hydrogen-bond donors (Lipinski definition) is 4. The van der Waals surface area contributed by atoms with Gasteiger partial charge in [-0.1, -0.05) is 48.5 Å². The van der Waals surface area contributed by atoms with Crippen molar-refractivity contribution in [2.24, 2.45) is 0 Å². The Morgan fingerprint density at radius 3 is 2.76 bits per heavy atom. The van der Waals surface area contributed by atoms with Gasteiger partial charge < -0.3 is 21.1 Å². The molecule has 1 aromatic carbocycles. The largest absolute Gasteiger partial charge is 0.388 e. The van der Waals surface area contributed by atoms with Crippen LogP contribution in [0.25, 0.3) is 5.57 Å². The smallest absolute Gasteiger partial charge is 0.251 e. The Kier molecular flexibility index (Phi) is 8.88. The molecule has 0 spiro atoms. The van der Waals surface area contributed by atoms with Crippen molar-refractivity contribution in [3.05, 3.63) is 88.2 Å². The fourth-order valence-electron chi connectivity index (χ4n) is 5.17. The van der Waals surface area contributed by atoms with E-state index in [0.717, 1.165) is 55.3 Å². The molecule has 2 aliphatic carbocycles. The zero-order chi connectivity index (χ0) is 26.4. The predicted molar refractivity (Wildman–Crippen MR) is 153 cm³/mol. The van der Waals surface area contributed by atoms with E-state index in [9.17, 15) is 9.90 Å². The van der Waals surface area contributed by atoms with E-state index < -0.39 is 6.10 Å². The van der Waals surface area contributed by atoms with E-state index in [1.165, 1.54) is 16.7 Å². The molecule has 1 fully saturated rings. The van der Waals surface area contributed by atoms with Crippen molar-refractivity contribution in [1.82, 2.24) is 16.0 Å². The van der Waals surface area contributed by atoms with Crippen LogP contribution in [-0.4, -0.2) is 35.7 Å². The Hall–Kier alpha value is -2.89. The molecule has 37 heavy (non-hydrogen) atoms. The monoisotopic (exact) mass is 501 g/mol. The summed E-state index contributed by atoms with van der Waals surface area (Å²) in [5.41, 5.74) is 7.35. The van der Waals surface area contributed by atoms with Gasteiger partial charge >= 0.3 is 0 Å². The molecule has 0 saturated heterocycles. The number of dihydropyridines is 1.